The smallest absolute Gasteiger partial charge is 0.282 e. The molecule has 5 nitrogen and oxygen atoms in total. The molecule has 1 aliphatic heterocycles. The first kappa shape index (κ1) is 18.4. The Morgan fingerprint density at radius 1 is 0.897 bits per heavy atom. The average molecular weight is 388 g/mol. The minimum Gasteiger partial charge on any atom is -0.488 e. The first-order chi connectivity index (χ1) is 14.1. The van der Waals surface area contributed by atoms with E-state index >= 15 is 0 Å². The van der Waals surface area contributed by atoms with Crippen LogP contribution in [0, 0.1) is 5.82 Å². The second-order valence-electron chi connectivity index (χ2n) is 6.43. The van der Waals surface area contributed by atoms with Gasteiger partial charge < -0.3 is 4.74 Å². The number of nitrogens with one attached hydrogen (secondary N) is 1. The van der Waals surface area contributed by atoms with Gasteiger partial charge in [-0.1, -0.05) is 48.5 Å². The molecule has 0 radical (unpaired) electrons. The van der Waals surface area contributed by atoms with Crippen LogP contribution < -0.4 is 15.2 Å². The number of rotatable bonds is 5. The molecule has 144 valence electrons. The SMILES string of the molecule is O=C1NN(c2ccccc2)C(=O)/C1=C\c1ccccc1OCc1ccc(F)cc1. The molecule has 4 rings (SSSR count). The predicted octanol–water partition coefficient (Wildman–Crippen LogP) is 3.87. The molecule has 0 unspecified atom stereocenters. The molecule has 0 atom stereocenters. The van der Waals surface area contributed by atoms with E-state index in [9.17, 15) is 14.0 Å². The standard InChI is InChI=1S/C23H17FN2O3/c24-18-12-10-16(11-13-18)15-29-21-9-5-4-6-17(21)14-20-22(27)25-26(23(20)28)19-7-2-1-3-8-19/h1-14H,15H2,(H,25,27)/b20-14-. The van der Waals surface area contributed by atoms with Gasteiger partial charge in [-0.3, -0.25) is 15.0 Å². The second kappa shape index (κ2) is 7.98. The maximum Gasteiger partial charge on any atom is 0.282 e. The van der Waals surface area contributed by atoms with Crippen LogP contribution >= 0.6 is 0 Å². The Balaban J connectivity index is 1.57. The summed E-state index contributed by atoms with van der Waals surface area (Å²) in [6.07, 6.45) is 1.51. The van der Waals surface area contributed by atoms with Gasteiger partial charge in [-0.05, 0) is 42.0 Å². The topological polar surface area (TPSA) is 58.6 Å². The third kappa shape index (κ3) is 4.01. The fourth-order valence-electron chi connectivity index (χ4n) is 2.94. The monoisotopic (exact) mass is 388 g/mol. The number of amides is 2. The number of carbonyl (C=O) groups excluding carboxylic acids is 2. The van der Waals surface area contributed by atoms with Gasteiger partial charge in [0.15, 0.2) is 0 Å². The van der Waals surface area contributed by atoms with E-state index in [0.29, 0.717) is 17.0 Å². The van der Waals surface area contributed by atoms with Crippen molar-refractivity contribution in [2.75, 3.05) is 5.01 Å². The van der Waals surface area contributed by atoms with Gasteiger partial charge >= 0.3 is 0 Å². The van der Waals surface area contributed by atoms with Crippen molar-refractivity contribution in [3.63, 3.8) is 0 Å². The van der Waals surface area contributed by atoms with E-state index < -0.39 is 11.8 Å². The van der Waals surface area contributed by atoms with E-state index in [1.54, 1.807) is 60.7 Å². The van der Waals surface area contributed by atoms with Gasteiger partial charge in [-0.25, -0.2) is 9.40 Å². The number of hydrazine groups is 1. The molecule has 1 saturated heterocycles. The van der Waals surface area contributed by atoms with Crippen LogP contribution in [0.4, 0.5) is 10.1 Å². The summed E-state index contributed by atoms with van der Waals surface area (Å²) in [4.78, 5) is 25.1. The second-order valence-corrected chi connectivity index (χ2v) is 6.43. The maximum atomic E-state index is 13.0. The highest BCUT2D eigenvalue weighted by Gasteiger charge is 2.34. The molecule has 0 bridgehead atoms. The molecule has 0 aromatic heterocycles. The third-order valence-electron chi connectivity index (χ3n) is 4.43. The summed E-state index contributed by atoms with van der Waals surface area (Å²) in [5.41, 5.74) is 4.58. The molecule has 1 heterocycles. The largest absolute Gasteiger partial charge is 0.488 e. The highest BCUT2D eigenvalue weighted by atomic mass is 19.1. The predicted molar refractivity (Wildman–Crippen MR) is 107 cm³/mol. The summed E-state index contributed by atoms with van der Waals surface area (Å²) in [6.45, 7) is 0.233. The zero-order chi connectivity index (χ0) is 20.2. The van der Waals surface area contributed by atoms with Gasteiger partial charge in [0.25, 0.3) is 11.8 Å². The van der Waals surface area contributed by atoms with Gasteiger partial charge in [0.2, 0.25) is 0 Å². The Labute approximate surface area is 167 Å². The fraction of sp³-hybridized carbons (Fsp3) is 0.0435. The Bertz CT molecular complexity index is 1080. The fourth-order valence-corrected chi connectivity index (χ4v) is 2.94. The number of anilines is 1. The number of para-hydroxylation sites is 2. The molecule has 0 saturated carbocycles. The quantitative estimate of drug-likeness (QED) is 0.533. The number of ether oxygens (including phenoxy) is 1. The van der Waals surface area contributed by atoms with E-state index in [2.05, 4.69) is 5.43 Å². The van der Waals surface area contributed by atoms with E-state index in [4.69, 9.17) is 4.74 Å². The Kier molecular flexibility index (Phi) is 5.07. The molecular formula is C23H17FN2O3. The van der Waals surface area contributed by atoms with Crippen LogP contribution in [-0.2, 0) is 16.2 Å². The van der Waals surface area contributed by atoms with Crippen molar-refractivity contribution in [1.29, 1.82) is 0 Å². The molecule has 1 fully saturated rings. The number of carbonyl (C=O) groups is 2. The van der Waals surface area contributed by atoms with E-state index in [-0.39, 0.29) is 18.0 Å². The maximum absolute atomic E-state index is 13.0. The van der Waals surface area contributed by atoms with Crippen LogP contribution in [0.3, 0.4) is 0 Å². The lowest BCUT2D eigenvalue weighted by Gasteiger charge is -2.14. The van der Waals surface area contributed by atoms with Gasteiger partial charge in [-0.15, -0.1) is 0 Å². The lowest BCUT2D eigenvalue weighted by Crippen LogP contribution is -2.35. The third-order valence-corrected chi connectivity index (χ3v) is 4.43. The molecule has 0 aliphatic carbocycles. The zero-order valence-electron chi connectivity index (χ0n) is 15.3. The summed E-state index contributed by atoms with van der Waals surface area (Å²) in [6, 6.07) is 22.0. The van der Waals surface area contributed by atoms with Crippen molar-refractivity contribution in [3.8, 4) is 5.75 Å². The molecule has 2 amide bonds. The summed E-state index contributed by atoms with van der Waals surface area (Å²) < 4.78 is 18.9. The van der Waals surface area contributed by atoms with Crippen LogP contribution in [0.2, 0.25) is 0 Å². The molecule has 1 N–H and O–H groups in total. The minimum atomic E-state index is -0.479. The zero-order valence-corrected chi connectivity index (χ0v) is 15.3. The van der Waals surface area contributed by atoms with E-state index in [1.807, 2.05) is 6.07 Å². The van der Waals surface area contributed by atoms with Crippen LogP contribution in [0.15, 0.2) is 84.4 Å². The first-order valence-corrected chi connectivity index (χ1v) is 9.00. The van der Waals surface area contributed by atoms with Crippen molar-refractivity contribution in [1.82, 2.24) is 5.43 Å². The minimum absolute atomic E-state index is 0.0201. The Morgan fingerprint density at radius 3 is 2.34 bits per heavy atom. The van der Waals surface area contributed by atoms with Crippen LogP contribution in [0.1, 0.15) is 11.1 Å². The normalized spacial score (nSPS) is 14.9. The number of hydrogen-bond donors (Lipinski definition) is 1. The highest BCUT2D eigenvalue weighted by molar-refractivity contribution is 6.31. The molecule has 3 aromatic rings. The van der Waals surface area contributed by atoms with Gasteiger partial charge in [0, 0.05) is 5.56 Å². The van der Waals surface area contributed by atoms with Crippen molar-refractivity contribution in [3.05, 3.63) is 101 Å². The average Bonchev–Trinajstić information content (AvgIpc) is 3.03. The summed E-state index contributed by atoms with van der Waals surface area (Å²) >= 11 is 0. The molecule has 0 spiro atoms. The lowest BCUT2D eigenvalue weighted by molar-refractivity contribution is -0.117. The number of benzene rings is 3. The van der Waals surface area contributed by atoms with E-state index in [1.165, 1.54) is 23.2 Å². The molecule has 6 heteroatoms. The van der Waals surface area contributed by atoms with Crippen LogP contribution in [-0.4, -0.2) is 11.8 Å². The number of nitrogens with zero attached hydrogens (tertiary/aromatic N) is 1. The van der Waals surface area contributed by atoms with Crippen LogP contribution in [0.5, 0.6) is 5.75 Å². The van der Waals surface area contributed by atoms with Crippen LogP contribution in [0.25, 0.3) is 6.08 Å². The van der Waals surface area contributed by atoms with E-state index in [0.717, 1.165) is 5.56 Å². The Hall–Kier alpha value is -3.93. The Morgan fingerprint density at radius 2 is 1.59 bits per heavy atom. The van der Waals surface area contributed by atoms with Crippen molar-refractivity contribution < 1.29 is 18.7 Å². The highest BCUT2D eigenvalue weighted by Crippen LogP contribution is 2.26. The van der Waals surface area contributed by atoms with Gasteiger partial charge in [0.05, 0.1) is 5.69 Å². The number of hydrogen-bond acceptors (Lipinski definition) is 3. The van der Waals surface area contributed by atoms with Gasteiger partial charge in [-0.2, -0.15) is 0 Å². The molecule has 1 aliphatic rings. The van der Waals surface area contributed by atoms with Gasteiger partial charge in [0.1, 0.15) is 23.7 Å². The summed E-state index contributed by atoms with van der Waals surface area (Å²) in [5.74, 6) is -0.711. The first-order valence-electron chi connectivity index (χ1n) is 9.00. The molecule has 3 aromatic carbocycles. The summed E-state index contributed by atoms with van der Waals surface area (Å²) in [7, 11) is 0. The van der Waals surface area contributed by atoms with Crippen molar-refractivity contribution >= 4 is 23.6 Å². The molecule has 29 heavy (non-hydrogen) atoms. The lowest BCUT2D eigenvalue weighted by atomic mass is 10.1. The van der Waals surface area contributed by atoms with Crippen molar-refractivity contribution in [2.45, 2.75) is 6.61 Å². The summed E-state index contributed by atoms with van der Waals surface area (Å²) in [5, 5.41) is 1.22. The van der Waals surface area contributed by atoms with Crippen molar-refractivity contribution in [2.24, 2.45) is 0 Å². The molecular weight excluding hydrogens is 371 g/mol. The number of halogens is 1.